The lowest BCUT2D eigenvalue weighted by atomic mass is 10.0. The predicted octanol–water partition coefficient (Wildman–Crippen LogP) is 3.61. The molecular weight excluding hydrogens is 473 g/mol. The number of amides is 1. The molecule has 0 aliphatic heterocycles. The van der Waals surface area contributed by atoms with Crippen LogP contribution in [-0.2, 0) is 0 Å². The van der Waals surface area contributed by atoms with Gasteiger partial charge >= 0.3 is 0 Å². The van der Waals surface area contributed by atoms with Crippen molar-refractivity contribution in [1.82, 2.24) is 29.1 Å². The summed E-state index contributed by atoms with van der Waals surface area (Å²) in [6.45, 7) is 1.05. The van der Waals surface area contributed by atoms with Gasteiger partial charge in [-0.25, -0.2) is 28.1 Å². The second-order valence-electron chi connectivity index (χ2n) is 7.97. The Hall–Kier alpha value is -4.92. The molecule has 0 fully saturated rings. The zero-order valence-electron chi connectivity index (χ0n) is 18.7. The van der Waals surface area contributed by atoms with Crippen molar-refractivity contribution < 1.29 is 18.0 Å². The van der Waals surface area contributed by atoms with Gasteiger partial charge in [0.2, 0.25) is 0 Å². The Morgan fingerprint density at radius 1 is 1.17 bits per heavy atom. The summed E-state index contributed by atoms with van der Waals surface area (Å²) in [6, 6.07) is 9.33. The molecular formula is C24H17F3N8O. The number of rotatable bonds is 5. The summed E-state index contributed by atoms with van der Waals surface area (Å²) in [5.41, 5.74) is 9.29. The monoisotopic (exact) mass is 490 g/mol. The first-order valence-electron chi connectivity index (χ1n) is 10.7. The van der Waals surface area contributed by atoms with Gasteiger partial charge in [-0.3, -0.25) is 9.20 Å². The molecule has 12 heteroatoms. The van der Waals surface area contributed by atoms with Crippen LogP contribution in [-0.4, -0.2) is 42.6 Å². The largest absolute Gasteiger partial charge is 0.381 e. The Labute approximate surface area is 201 Å². The molecule has 9 nitrogen and oxygen atoms in total. The van der Waals surface area contributed by atoms with Crippen molar-refractivity contribution in [3.63, 3.8) is 0 Å². The fourth-order valence-corrected chi connectivity index (χ4v) is 3.92. The van der Waals surface area contributed by atoms with Crippen LogP contribution in [0.1, 0.15) is 21.7 Å². The molecule has 0 saturated carbocycles. The van der Waals surface area contributed by atoms with E-state index in [1.807, 2.05) is 17.4 Å². The standard InChI is InChI=1S/C24H17F3N8O/c1-12-8-30-19-5-3-14(10-34(12)19)21-20(13-2-4-16(25)15(6-13)7-28)33-22(29)23-32-17(11-35(21)23)24(36)31-9-18(26)27/h2-6,8,10-11,18H,9H2,1H3,(H2,29,33)(H,31,36). The highest BCUT2D eigenvalue weighted by Crippen LogP contribution is 2.34. The summed E-state index contributed by atoms with van der Waals surface area (Å²) in [5, 5.41) is 11.4. The topological polar surface area (TPSA) is 126 Å². The number of aryl methyl sites for hydroxylation is 1. The number of nitriles is 1. The number of pyridine rings is 1. The van der Waals surface area contributed by atoms with Crippen LogP contribution in [0.3, 0.4) is 0 Å². The molecule has 0 spiro atoms. The Morgan fingerprint density at radius 3 is 2.69 bits per heavy atom. The summed E-state index contributed by atoms with van der Waals surface area (Å²) >= 11 is 0. The number of anilines is 1. The number of halogens is 3. The molecule has 0 bridgehead atoms. The Kier molecular flexibility index (Phi) is 5.52. The van der Waals surface area contributed by atoms with Crippen LogP contribution in [0.15, 0.2) is 48.9 Å². The van der Waals surface area contributed by atoms with Gasteiger partial charge in [-0.15, -0.1) is 0 Å². The number of benzene rings is 1. The number of hydrogen-bond acceptors (Lipinski definition) is 6. The number of aromatic nitrogens is 5. The van der Waals surface area contributed by atoms with Crippen LogP contribution >= 0.6 is 0 Å². The highest BCUT2D eigenvalue weighted by Gasteiger charge is 2.22. The predicted molar refractivity (Wildman–Crippen MR) is 125 cm³/mol. The zero-order valence-corrected chi connectivity index (χ0v) is 18.7. The number of nitrogens with zero attached hydrogens (tertiary/aromatic N) is 6. The van der Waals surface area contributed by atoms with E-state index in [2.05, 4.69) is 20.3 Å². The zero-order chi connectivity index (χ0) is 25.6. The van der Waals surface area contributed by atoms with E-state index in [1.165, 1.54) is 22.7 Å². The molecule has 1 aromatic carbocycles. The van der Waals surface area contributed by atoms with E-state index in [0.29, 0.717) is 28.2 Å². The van der Waals surface area contributed by atoms with Gasteiger partial charge in [0.15, 0.2) is 11.5 Å². The summed E-state index contributed by atoms with van der Waals surface area (Å²) in [7, 11) is 0. The van der Waals surface area contributed by atoms with Crippen molar-refractivity contribution in [2.24, 2.45) is 0 Å². The molecule has 180 valence electrons. The van der Waals surface area contributed by atoms with Crippen LogP contribution in [0.25, 0.3) is 33.8 Å². The van der Waals surface area contributed by atoms with Crippen LogP contribution in [0, 0.1) is 24.1 Å². The van der Waals surface area contributed by atoms with Crippen molar-refractivity contribution in [2.75, 3.05) is 12.3 Å². The molecule has 0 radical (unpaired) electrons. The highest BCUT2D eigenvalue weighted by atomic mass is 19.3. The molecule has 5 rings (SSSR count). The molecule has 0 aliphatic carbocycles. The number of hydrogen-bond donors (Lipinski definition) is 2. The first-order chi connectivity index (χ1) is 17.3. The number of imidazole rings is 2. The fraction of sp³-hybridized carbons (Fsp3) is 0.125. The molecule has 3 N–H and O–H groups in total. The van der Waals surface area contributed by atoms with E-state index in [-0.39, 0.29) is 22.7 Å². The second-order valence-corrected chi connectivity index (χ2v) is 7.97. The van der Waals surface area contributed by atoms with Gasteiger partial charge < -0.3 is 15.5 Å². The first-order valence-corrected chi connectivity index (χ1v) is 10.7. The van der Waals surface area contributed by atoms with E-state index in [0.717, 1.165) is 11.8 Å². The molecule has 0 atom stereocenters. The van der Waals surface area contributed by atoms with Gasteiger partial charge in [-0.05, 0) is 37.3 Å². The lowest BCUT2D eigenvalue weighted by molar-refractivity contribution is 0.0887. The Morgan fingerprint density at radius 2 is 1.94 bits per heavy atom. The van der Waals surface area contributed by atoms with Crippen LogP contribution in [0.2, 0.25) is 0 Å². The minimum Gasteiger partial charge on any atom is -0.381 e. The average Bonchev–Trinajstić information content (AvgIpc) is 3.47. The highest BCUT2D eigenvalue weighted by molar-refractivity contribution is 5.94. The third-order valence-electron chi connectivity index (χ3n) is 5.61. The second kappa shape index (κ2) is 8.70. The maximum absolute atomic E-state index is 14.1. The number of nitrogens with one attached hydrogen (secondary N) is 1. The van der Waals surface area contributed by atoms with Gasteiger partial charge in [-0.2, -0.15) is 5.26 Å². The molecule has 4 heterocycles. The molecule has 1 amide bonds. The van der Waals surface area contributed by atoms with E-state index < -0.39 is 24.7 Å². The Balaban J connectivity index is 1.79. The molecule has 0 unspecified atom stereocenters. The lowest BCUT2D eigenvalue weighted by Crippen LogP contribution is -2.28. The number of carbonyl (C=O) groups excluding carboxylic acids is 1. The normalized spacial score (nSPS) is 11.3. The van der Waals surface area contributed by atoms with E-state index >= 15 is 0 Å². The SMILES string of the molecule is Cc1cnc2ccc(-c3c(-c4ccc(F)c(C#N)c4)nc(N)c4nc(C(=O)NCC(F)F)cn34)cn12. The fourth-order valence-electron chi connectivity index (χ4n) is 3.92. The van der Waals surface area contributed by atoms with E-state index in [1.54, 1.807) is 24.5 Å². The van der Waals surface area contributed by atoms with Crippen molar-refractivity contribution in [2.45, 2.75) is 13.3 Å². The minimum absolute atomic E-state index is 0.0515. The quantitative estimate of drug-likeness (QED) is 0.388. The van der Waals surface area contributed by atoms with Crippen molar-refractivity contribution in [3.05, 3.63) is 71.7 Å². The minimum atomic E-state index is -2.72. The molecule has 5 aromatic rings. The van der Waals surface area contributed by atoms with Gasteiger partial charge in [0.1, 0.15) is 23.2 Å². The van der Waals surface area contributed by atoms with Gasteiger partial charge in [-0.1, -0.05) is 0 Å². The number of nitrogens with two attached hydrogens (primary N) is 1. The summed E-state index contributed by atoms with van der Waals surface area (Å²) in [6.07, 6.45) is 2.16. The summed E-state index contributed by atoms with van der Waals surface area (Å²) in [5.74, 6) is -1.54. The summed E-state index contributed by atoms with van der Waals surface area (Å²) < 4.78 is 42.6. The number of carbonyl (C=O) groups is 1. The van der Waals surface area contributed by atoms with Gasteiger partial charge in [0, 0.05) is 35.4 Å². The Bertz CT molecular complexity index is 1700. The van der Waals surface area contributed by atoms with Crippen molar-refractivity contribution in [3.8, 4) is 28.6 Å². The van der Waals surface area contributed by atoms with Gasteiger partial charge in [0.25, 0.3) is 12.3 Å². The molecule has 0 saturated heterocycles. The molecule has 36 heavy (non-hydrogen) atoms. The van der Waals surface area contributed by atoms with Crippen molar-refractivity contribution >= 4 is 23.0 Å². The summed E-state index contributed by atoms with van der Waals surface area (Å²) in [4.78, 5) is 25.5. The number of nitrogen functional groups attached to an aromatic ring is 1. The van der Waals surface area contributed by atoms with Crippen LogP contribution < -0.4 is 11.1 Å². The maximum Gasteiger partial charge on any atom is 0.271 e. The van der Waals surface area contributed by atoms with Crippen LogP contribution in [0.5, 0.6) is 0 Å². The van der Waals surface area contributed by atoms with Crippen LogP contribution in [0.4, 0.5) is 19.0 Å². The van der Waals surface area contributed by atoms with Gasteiger partial charge in [0.05, 0.1) is 23.5 Å². The van der Waals surface area contributed by atoms with E-state index in [4.69, 9.17) is 5.73 Å². The molecule has 4 aromatic heterocycles. The average molecular weight is 490 g/mol. The number of fused-ring (bicyclic) bond motifs is 2. The van der Waals surface area contributed by atoms with Crippen molar-refractivity contribution in [1.29, 1.82) is 5.26 Å². The lowest BCUT2D eigenvalue weighted by Gasteiger charge is -2.14. The maximum atomic E-state index is 14.1. The molecule has 0 aliphatic rings. The third-order valence-corrected chi connectivity index (χ3v) is 5.61. The smallest absolute Gasteiger partial charge is 0.271 e. The third kappa shape index (κ3) is 3.86. The number of alkyl halides is 2. The van der Waals surface area contributed by atoms with E-state index in [9.17, 15) is 23.2 Å². The first kappa shape index (κ1) is 22.9.